The van der Waals surface area contributed by atoms with Crippen molar-refractivity contribution in [1.29, 1.82) is 0 Å². The predicted molar refractivity (Wildman–Crippen MR) is 49.6 cm³/mol. The van der Waals surface area contributed by atoms with Crippen molar-refractivity contribution >= 4 is 11.9 Å². The maximum Gasteiger partial charge on any atom is 0.306 e. The van der Waals surface area contributed by atoms with Crippen molar-refractivity contribution in [1.82, 2.24) is 10.3 Å². The Kier molecular flexibility index (Phi) is 4.33. The number of methoxy groups -OCH3 is 1. The van der Waals surface area contributed by atoms with Crippen LogP contribution >= 0.6 is 0 Å². The van der Waals surface area contributed by atoms with E-state index in [9.17, 15) is 9.59 Å². The van der Waals surface area contributed by atoms with Crippen molar-refractivity contribution in [2.75, 3.05) is 7.11 Å². The molecule has 1 rings (SSSR count). The molecule has 1 aromatic rings. The van der Waals surface area contributed by atoms with Gasteiger partial charge < -0.3 is 14.5 Å². The summed E-state index contributed by atoms with van der Waals surface area (Å²) in [6, 6.07) is 0. The van der Waals surface area contributed by atoms with Crippen LogP contribution < -0.4 is 5.32 Å². The standard InChI is InChI=1S/C9H12N2O4/c1-14-9(13)3-2-8(12)10-4-7-5-15-6-11-7/h5-6H,2-4H2,1H3,(H,10,12). The second-order valence-corrected chi connectivity index (χ2v) is 2.83. The zero-order valence-corrected chi connectivity index (χ0v) is 8.36. The number of hydrogen-bond acceptors (Lipinski definition) is 5. The molecule has 0 aromatic carbocycles. The van der Waals surface area contributed by atoms with Gasteiger partial charge in [0.2, 0.25) is 5.91 Å². The fraction of sp³-hybridized carbons (Fsp3) is 0.444. The molecule has 0 saturated heterocycles. The second kappa shape index (κ2) is 5.79. The maximum atomic E-state index is 11.2. The highest BCUT2D eigenvalue weighted by atomic mass is 16.5. The maximum absolute atomic E-state index is 11.2. The molecule has 0 bridgehead atoms. The molecule has 0 aliphatic rings. The van der Waals surface area contributed by atoms with Crippen LogP contribution in [0.3, 0.4) is 0 Å². The summed E-state index contributed by atoms with van der Waals surface area (Å²) in [6.45, 7) is 0.302. The van der Waals surface area contributed by atoms with Crippen LogP contribution in [0.1, 0.15) is 18.5 Å². The van der Waals surface area contributed by atoms with Gasteiger partial charge >= 0.3 is 5.97 Å². The van der Waals surface area contributed by atoms with E-state index in [1.165, 1.54) is 19.8 Å². The molecule has 0 aliphatic carbocycles. The van der Waals surface area contributed by atoms with Gasteiger partial charge in [0.15, 0.2) is 6.39 Å². The summed E-state index contributed by atoms with van der Waals surface area (Å²) >= 11 is 0. The Morgan fingerprint density at radius 1 is 1.53 bits per heavy atom. The molecule has 6 nitrogen and oxygen atoms in total. The molecule has 1 amide bonds. The number of nitrogens with zero attached hydrogens (tertiary/aromatic N) is 1. The molecule has 15 heavy (non-hydrogen) atoms. The summed E-state index contributed by atoms with van der Waals surface area (Å²) in [7, 11) is 1.29. The Bertz CT molecular complexity index is 321. The Labute approximate surface area is 86.6 Å². The highest BCUT2D eigenvalue weighted by Crippen LogP contribution is 1.95. The van der Waals surface area contributed by atoms with Gasteiger partial charge in [0.1, 0.15) is 6.26 Å². The minimum absolute atomic E-state index is 0.0845. The van der Waals surface area contributed by atoms with E-state index in [1.807, 2.05) is 0 Å². The third kappa shape index (κ3) is 4.26. The molecule has 1 aromatic heterocycles. The van der Waals surface area contributed by atoms with Crippen LogP contribution in [-0.2, 0) is 20.9 Å². The summed E-state index contributed by atoms with van der Waals surface area (Å²) in [5.41, 5.74) is 0.640. The number of carbonyl (C=O) groups is 2. The first-order valence-electron chi connectivity index (χ1n) is 4.43. The number of rotatable bonds is 5. The van der Waals surface area contributed by atoms with E-state index in [4.69, 9.17) is 4.42 Å². The van der Waals surface area contributed by atoms with Gasteiger partial charge in [-0.25, -0.2) is 4.98 Å². The average molecular weight is 212 g/mol. The predicted octanol–water partition coefficient (Wildman–Crippen LogP) is 0.244. The fourth-order valence-electron chi connectivity index (χ4n) is 0.920. The van der Waals surface area contributed by atoms with E-state index in [0.717, 1.165) is 0 Å². The molecule has 1 heterocycles. The highest BCUT2D eigenvalue weighted by Gasteiger charge is 2.06. The minimum Gasteiger partial charge on any atom is -0.469 e. The van der Waals surface area contributed by atoms with Crippen LogP contribution in [0.5, 0.6) is 0 Å². The number of ether oxygens (including phenoxy) is 1. The summed E-state index contributed by atoms with van der Waals surface area (Å²) in [5.74, 6) is -0.616. The van der Waals surface area contributed by atoms with Crippen molar-refractivity contribution in [3.63, 3.8) is 0 Å². The molecule has 0 aliphatic heterocycles. The number of nitrogens with one attached hydrogen (secondary N) is 1. The number of carbonyl (C=O) groups excluding carboxylic acids is 2. The van der Waals surface area contributed by atoms with Crippen molar-refractivity contribution < 1.29 is 18.7 Å². The lowest BCUT2D eigenvalue weighted by atomic mass is 10.3. The van der Waals surface area contributed by atoms with Gasteiger partial charge in [-0.05, 0) is 0 Å². The Hall–Kier alpha value is -1.85. The van der Waals surface area contributed by atoms with E-state index < -0.39 is 5.97 Å². The van der Waals surface area contributed by atoms with Crippen LogP contribution in [0.15, 0.2) is 17.1 Å². The molecular formula is C9H12N2O4. The second-order valence-electron chi connectivity index (χ2n) is 2.83. The van der Waals surface area contributed by atoms with Crippen LogP contribution in [0.2, 0.25) is 0 Å². The Morgan fingerprint density at radius 2 is 2.33 bits per heavy atom. The lowest BCUT2D eigenvalue weighted by molar-refractivity contribution is -0.142. The van der Waals surface area contributed by atoms with E-state index in [-0.39, 0.29) is 18.7 Å². The van der Waals surface area contributed by atoms with Crippen molar-refractivity contribution in [2.45, 2.75) is 19.4 Å². The van der Waals surface area contributed by atoms with E-state index >= 15 is 0 Å². The molecule has 0 atom stereocenters. The molecule has 0 spiro atoms. The molecule has 0 saturated carbocycles. The lowest BCUT2D eigenvalue weighted by Gasteiger charge is -2.01. The first-order chi connectivity index (χ1) is 7.22. The van der Waals surface area contributed by atoms with Gasteiger partial charge in [0, 0.05) is 6.42 Å². The van der Waals surface area contributed by atoms with E-state index in [0.29, 0.717) is 12.2 Å². The minimum atomic E-state index is -0.397. The van der Waals surface area contributed by atoms with Gasteiger partial charge in [-0.15, -0.1) is 0 Å². The summed E-state index contributed by atoms with van der Waals surface area (Å²) in [5, 5.41) is 2.60. The van der Waals surface area contributed by atoms with Crippen LogP contribution in [0.25, 0.3) is 0 Å². The van der Waals surface area contributed by atoms with Crippen LogP contribution in [0, 0.1) is 0 Å². The molecule has 0 unspecified atom stereocenters. The molecule has 6 heteroatoms. The first-order valence-corrected chi connectivity index (χ1v) is 4.43. The number of oxazole rings is 1. The largest absolute Gasteiger partial charge is 0.469 e. The van der Waals surface area contributed by atoms with Crippen LogP contribution in [-0.4, -0.2) is 24.0 Å². The van der Waals surface area contributed by atoms with E-state index in [2.05, 4.69) is 15.0 Å². The molecule has 0 fully saturated rings. The molecule has 1 N–H and O–H groups in total. The summed E-state index contributed by atoms with van der Waals surface area (Å²) < 4.78 is 9.13. The van der Waals surface area contributed by atoms with Crippen molar-refractivity contribution in [3.8, 4) is 0 Å². The SMILES string of the molecule is COC(=O)CCC(=O)NCc1cocn1. The lowest BCUT2D eigenvalue weighted by Crippen LogP contribution is -2.23. The summed E-state index contributed by atoms with van der Waals surface area (Å²) in [4.78, 5) is 25.7. The van der Waals surface area contributed by atoms with Crippen LogP contribution in [0.4, 0.5) is 0 Å². The quantitative estimate of drug-likeness (QED) is 0.707. The number of amides is 1. The molecule has 82 valence electrons. The highest BCUT2D eigenvalue weighted by molar-refractivity contribution is 5.81. The monoisotopic (exact) mass is 212 g/mol. The Morgan fingerprint density at radius 3 is 2.93 bits per heavy atom. The van der Waals surface area contributed by atoms with Gasteiger partial charge in [-0.2, -0.15) is 0 Å². The van der Waals surface area contributed by atoms with Gasteiger partial charge in [0.05, 0.1) is 25.8 Å². The Balaban J connectivity index is 2.16. The molecular weight excluding hydrogens is 200 g/mol. The molecule has 0 radical (unpaired) electrons. The fourth-order valence-corrected chi connectivity index (χ4v) is 0.920. The number of hydrogen-bond donors (Lipinski definition) is 1. The number of aromatic nitrogens is 1. The normalized spacial score (nSPS) is 9.67. The zero-order valence-electron chi connectivity index (χ0n) is 8.36. The summed E-state index contributed by atoms with van der Waals surface area (Å²) in [6.07, 6.45) is 2.93. The average Bonchev–Trinajstić information content (AvgIpc) is 2.75. The first kappa shape index (κ1) is 11.2. The van der Waals surface area contributed by atoms with Gasteiger partial charge in [0.25, 0.3) is 0 Å². The van der Waals surface area contributed by atoms with Crippen molar-refractivity contribution in [2.24, 2.45) is 0 Å². The number of esters is 1. The van der Waals surface area contributed by atoms with Crippen molar-refractivity contribution in [3.05, 3.63) is 18.4 Å². The topological polar surface area (TPSA) is 81.4 Å². The van der Waals surface area contributed by atoms with E-state index in [1.54, 1.807) is 0 Å². The van der Waals surface area contributed by atoms with Gasteiger partial charge in [-0.3, -0.25) is 9.59 Å². The third-order valence-corrected chi connectivity index (χ3v) is 1.73. The third-order valence-electron chi connectivity index (χ3n) is 1.73. The zero-order chi connectivity index (χ0) is 11.1. The van der Waals surface area contributed by atoms with Gasteiger partial charge in [-0.1, -0.05) is 0 Å². The smallest absolute Gasteiger partial charge is 0.306 e.